The number of halogens is 1. The van der Waals surface area contributed by atoms with Crippen LogP contribution in [0.1, 0.15) is 12.8 Å². The summed E-state index contributed by atoms with van der Waals surface area (Å²) in [6.45, 7) is 3.68. The number of hydrogen-bond acceptors (Lipinski definition) is 4. The normalized spacial score (nSPS) is 19.0. The Hall–Kier alpha value is -1.63. The van der Waals surface area contributed by atoms with Crippen LogP contribution in [-0.2, 0) is 9.59 Å². The molecular weight excluding hydrogens is 328 g/mol. The number of carbonyl (C=O) groups is 2. The lowest BCUT2D eigenvalue weighted by Gasteiger charge is -2.34. The summed E-state index contributed by atoms with van der Waals surface area (Å²) in [5, 5.41) is 9.15. The standard InChI is InChI=1S/C17H24N4O2.ClH/c22-16(19-14-4-2-1-3-5-14)12-21-8-6-15(7-9-21)20-17(23)13-10-18-11-13;/h1-5,13,15,18H,6-12H2,(H,19,22)(H,20,23);1H. The first-order valence-corrected chi connectivity index (χ1v) is 8.29. The van der Waals surface area contributed by atoms with Crippen LogP contribution in [0.3, 0.4) is 0 Å². The Morgan fingerprint density at radius 1 is 1.12 bits per heavy atom. The second-order valence-electron chi connectivity index (χ2n) is 6.33. The van der Waals surface area contributed by atoms with Gasteiger partial charge in [0.15, 0.2) is 0 Å². The molecule has 0 unspecified atom stereocenters. The van der Waals surface area contributed by atoms with Gasteiger partial charge in [-0.05, 0) is 25.0 Å². The van der Waals surface area contributed by atoms with Crippen molar-refractivity contribution in [2.45, 2.75) is 18.9 Å². The van der Waals surface area contributed by atoms with Gasteiger partial charge in [0.2, 0.25) is 11.8 Å². The topological polar surface area (TPSA) is 73.5 Å². The molecule has 7 heteroatoms. The highest BCUT2D eigenvalue weighted by atomic mass is 35.5. The van der Waals surface area contributed by atoms with Gasteiger partial charge in [0, 0.05) is 37.9 Å². The molecule has 1 aromatic carbocycles. The molecule has 0 radical (unpaired) electrons. The van der Waals surface area contributed by atoms with Gasteiger partial charge in [-0.15, -0.1) is 12.4 Å². The zero-order valence-electron chi connectivity index (χ0n) is 13.7. The Kier molecular flexibility index (Phi) is 7.02. The number of hydrogen-bond donors (Lipinski definition) is 3. The Labute approximate surface area is 148 Å². The van der Waals surface area contributed by atoms with Crippen LogP contribution in [0.5, 0.6) is 0 Å². The van der Waals surface area contributed by atoms with Crippen molar-refractivity contribution in [2.75, 3.05) is 38.0 Å². The van der Waals surface area contributed by atoms with Crippen LogP contribution in [0.25, 0.3) is 0 Å². The third-order valence-electron chi connectivity index (χ3n) is 4.51. The number of nitrogens with one attached hydrogen (secondary N) is 3. The fraction of sp³-hybridized carbons (Fsp3) is 0.529. The number of piperidine rings is 1. The van der Waals surface area contributed by atoms with Crippen molar-refractivity contribution >= 4 is 29.9 Å². The van der Waals surface area contributed by atoms with Crippen LogP contribution in [0.15, 0.2) is 30.3 Å². The van der Waals surface area contributed by atoms with E-state index in [0.717, 1.165) is 44.7 Å². The minimum atomic E-state index is 0. The number of nitrogens with zero attached hydrogens (tertiary/aromatic N) is 1. The summed E-state index contributed by atoms with van der Waals surface area (Å²) in [6, 6.07) is 9.75. The summed E-state index contributed by atoms with van der Waals surface area (Å²) in [6.07, 6.45) is 1.81. The third-order valence-corrected chi connectivity index (χ3v) is 4.51. The lowest BCUT2D eigenvalue weighted by molar-refractivity contribution is -0.127. The molecule has 0 aromatic heterocycles. The molecule has 3 N–H and O–H groups in total. The lowest BCUT2D eigenvalue weighted by Crippen LogP contribution is -2.54. The zero-order valence-corrected chi connectivity index (χ0v) is 14.5. The second-order valence-corrected chi connectivity index (χ2v) is 6.33. The van der Waals surface area contributed by atoms with Crippen LogP contribution in [0, 0.1) is 5.92 Å². The molecule has 2 aliphatic rings. The minimum absolute atomic E-state index is 0. The molecule has 0 spiro atoms. The molecule has 1 aromatic rings. The summed E-state index contributed by atoms with van der Waals surface area (Å²) < 4.78 is 0. The van der Waals surface area contributed by atoms with Crippen molar-refractivity contribution in [3.63, 3.8) is 0 Å². The smallest absolute Gasteiger partial charge is 0.238 e. The fourth-order valence-electron chi connectivity index (χ4n) is 2.95. The van der Waals surface area contributed by atoms with Gasteiger partial charge < -0.3 is 16.0 Å². The largest absolute Gasteiger partial charge is 0.353 e. The van der Waals surface area contributed by atoms with Gasteiger partial charge in [0.05, 0.1) is 12.5 Å². The maximum atomic E-state index is 12.0. The van der Waals surface area contributed by atoms with Crippen LogP contribution in [0.4, 0.5) is 5.69 Å². The van der Waals surface area contributed by atoms with E-state index in [9.17, 15) is 9.59 Å². The molecular formula is C17H25ClN4O2. The average molecular weight is 353 g/mol. The molecule has 0 aliphatic carbocycles. The van der Waals surface area contributed by atoms with Gasteiger partial charge in [-0.2, -0.15) is 0 Å². The van der Waals surface area contributed by atoms with E-state index < -0.39 is 0 Å². The summed E-state index contributed by atoms with van der Waals surface area (Å²) in [5.41, 5.74) is 0.828. The highest BCUT2D eigenvalue weighted by Crippen LogP contribution is 2.12. The van der Waals surface area contributed by atoms with Gasteiger partial charge in [-0.3, -0.25) is 14.5 Å². The number of anilines is 1. The molecule has 0 atom stereocenters. The van der Waals surface area contributed by atoms with E-state index in [1.165, 1.54) is 0 Å². The van der Waals surface area contributed by atoms with Crippen LogP contribution in [-0.4, -0.2) is 55.5 Å². The van der Waals surface area contributed by atoms with E-state index in [2.05, 4.69) is 20.9 Å². The van der Waals surface area contributed by atoms with Gasteiger partial charge in [-0.1, -0.05) is 18.2 Å². The molecule has 2 saturated heterocycles. The van der Waals surface area contributed by atoms with Crippen molar-refractivity contribution in [1.82, 2.24) is 15.5 Å². The minimum Gasteiger partial charge on any atom is -0.353 e. The van der Waals surface area contributed by atoms with E-state index in [1.807, 2.05) is 30.3 Å². The summed E-state index contributed by atoms with van der Waals surface area (Å²) in [5.74, 6) is 0.327. The maximum absolute atomic E-state index is 12.0. The Morgan fingerprint density at radius 3 is 2.38 bits per heavy atom. The zero-order chi connectivity index (χ0) is 16.1. The SMILES string of the molecule is Cl.O=C(CN1CCC(NC(=O)C2CNC2)CC1)Nc1ccccc1. The van der Waals surface area contributed by atoms with Gasteiger partial charge in [0.25, 0.3) is 0 Å². The van der Waals surface area contributed by atoms with Crippen molar-refractivity contribution in [2.24, 2.45) is 5.92 Å². The van der Waals surface area contributed by atoms with E-state index in [1.54, 1.807) is 0 Å². The third kappa shape index (κ3) is 5.19. The highest BCUT2D eigenvalue weighted by Gasteiger charge is 2.28. The van der Waals surface area contributed by atoms with Gasteiger partial charge in [0.1, 0.15) is 0 Å². The van der Waals surface area contributed by atoms with E-state index >= 15 is 0 Å². The predicted octanol–water partition coefficient (Wildman–Crippen LogP) is 0.847. The van der Waals surface area contributed by atoms with Gasteiger partial charge in [-0.25, -0.2) is 0 Å². The first-order valence-electron chi connectivity index (χ1n) is 8.29. The quantitative estimate of drug-likeness (QED) is 0.734. The van der Waals surface area contributed by atoms with E-state index in [0.29, 0.717) is 6.54 Å². The number of carbonyl (C=O) groups excluding carboxylic acids is 2. The number of benzene rings is 1. The number of rotatable bonds is 5. The molecule has 2 heterocycles. The van der Waals surface area contributed by atoms with Crippen LogP contribution in [0.2, 0.25) is 0 Å². The summed E-state index contributed by atoms with van der Waals surface area (Å²) >= 11 is 0. The van der Waals surface area contributed by atoms with Gasteiger partial charge >= 0.3 is 0 Å². The predicted molar refractivity (Wildman–Crippen MR) is 96.3 cm³/mol. The first kappa shape index (κ1) is 18.7. The monoisotopic (exact) mass is 352 g/mol. The number of likely N-dealkylation sites (tertiary alicyclic amines) is 1. The molecule has 2 fully saturated rings. The molecule has 2 amide bonds. The molecule has 132 valence electrons. The molecule has 2 aliphatic heterocycles. The Bertz CT molecular complexity index is 543. The summed E-state index contributed by atoms with van der Waals surface area (Å²) in [4.78, 5) is 26.1. The maximum Gasteiger partial charge on any atom is 0.238 e. The Balaban J connectivity index is 0.00000208. The second kappa shape index (κ2) is 9.01. The van der Waals surface area contributed by atoms with Crippen LogP contribution < -0.4 is 16.0 Å². The Morgan fingerprint density at radius 2 is 1.79 bits per heavy atom. The summed E-state index contributed by atoms with van der Waals surface area (Å²) in [7, 11) is 0. The molecule has 3 rings (SSSR count). The van der Waals surface area contributed by atoms with E-state index in [-0.39, 0.29) is 36.2 Å². The lowest BCUT2D eigenvalue weighted by atomic mass is 9.99. The fourth-order valence-corrected chi connectivity index (χ4v) is 2.95. The van der Waals surface area contributed by atoms with Crippen molar-refractivity contribution in [1.29, 1.82) is 0 Å². The van der Waals surface area contributed by atoms with Crippen molar-refractivity contribution < 1.29 is 9.59 Å². The van der Waals surface area contributed by atoms with Crippen molar-refractivity contribution in [3.05, 3.63) is 30.3 Å². The molecule has 0 saturated carbocycles. The number of para-hydroxylation sites is 1. The average Bonchev–Trinajstić information content (AvgIpc) is 2.48. The van der Waals surface area contributed by atoms with Crippen molar-refractivity contribution in [3.8, 4) is 0 Å². The first-order chi connectivity index (χ1) is 11.2. The molecule has 0 bridgehead atoms. The van der Waals surface area contributed by atoms with E-state index in [4.69, 9.17) is 0 Å². The molecule has 6 nitrogen and oxygen atoms in total. The molecule has 24 heavy (non-hydrogen) atoms. The number of amides is 2. The highest BCUT2D eigenvalue weighted by molar-refractivity contribution is 5.92. The van der Waals surface area contributed by atoms with Crippen LogP contribution >= 0.6 is 12.4 Å².